The molecule has 2 atom stereocenters. The summed E-state index contributed by atoms with van der Waals surface area (Å²) in [6.07, 6.45) is -8.65. The van der Waals surface area contributed by atoms with Crippen LogP contribution in [0.5, 0.6) is 0 Å². The minimum absolute atomic E-state index is 0.0124. The number of aliphatic imine (C=N–C) groups is 2. The maximum atomic E-state index is 13.2. The molecule has 4 heterocycles. The fourth-order valence-electron chi connectivity index (χ4n) is 3.66. The molecular weight excluding hydrogens is 478 g/mol. The highest BCUT2D eigenvalue weighted by molar-refractivity contribution is 8.12. The molecule has 4 rings (SSSR count). The summed E-state index contributed by atoms with van der Waals surface area (Å²) in [6.45, 7) is 1.34. The van der Waals surface area contributed by atoms with Crippen molar-refractivity contribution in [2.45, 2.75) is 31.9 Å². The Bertz CT molecular complexity index is 1330. The molecule has 15 heteroatoms. The smallest absolute Gasteiger partial charge is 0.332 e. The van der Waals surface area contributed by atoms with Crippen molar-refractivity contribution >= 4 is 27.0 Å². The third-order valence-corrected chi connectivity index (χ3v) is 7.03. The molecule has 0 spiro atoms. The van der Waals surface area contributed by atoms with Gasteiger partial charge in [-0.25, -0.2) is 15.0 Å². The highest BCUT2D eigenvalue weighted by atomic mass is 32.3. The van der Waals surface area contributed by atoms with Gasteiger partial charge >= 0.3 is 12.4 Å². The van der Waals surface area contributed by atoms with Crippen LogP contribution in [-0.2, 0) is 27.6 Å². The molecule has 0 amide bonds. The lowest BCUT2D eigenvalue weighted by molar-refractivity contribution is -0.146. The molecule has 0 saturated carbocycles. The van der Waals surface area contributed by atoms with Gasteiger partial charge in [-0.2, -0.15) is 35.9 Å². The lowest BCUT2D eigenvalue weighted by Gasteiger charge is -2.23. The van der Waals surface area contributed by atoms with Gasteiger partial charge in [0.1, 0.15) is 22.6 Å². The van der Waals surface area contributed by atoms with Crippen LogP contribution in [0.25, 0.3) is 6.08 Å². The number of aromatic nitrogens is 2. The average Bonchev–Trinajstić information content (AvgIpc) is 3.22. The number of nitrogens with zero attached hydrogens (tertiary/aromatic N) is 6. The molecule has 3 aliphatic rings. The summed E-state index contributed by atoms with van der Waals surface area (Å²) in [4.78, 5) is 17.0. The average molecular weight is 495 g/mol. The fraction of sp³-hybridized carbons (Fsp3) is 0.444. The SMILES string of the molecule is CC[S+](=O)(O)C1=NC(C(F)(F)F)=CCC1=C1N=C2C=c3nc(C(F)(F)F)n(C)c3=NC2N1C. The molecule has 8 nitrogen and oxygen atoms in total. The summed E-state index contributed by atoms with van der Waals surface area (Å²) in [6, 6.07) is 0. The van der Waals surface area contributed by atoms with Crippen LogP contribution in [0.3, 0.4) is 0 Å². The first-order chi connectivity index (χ1) is 15.1. The Morgan fingerprint density at radius 2 is 1.82 bits per heavy atom. The van der Waals surface area contributed by atoms with Gasteiger partial charge in [0.2, 0.25) is 5.82 Å². The second-order valence-electron chi connectivity index (χ2n) is 7.44. The van der Waals surface area contributed by atoms with Crippen molar-refractivity contribution in [2.24, 2.45) is 22.0 Å². The summed E-state index contributed by atoms with van der Waals surface area (Å²) < 4.78 is 103. The Kier molecular flexibility index (Phi) is 5.20. The maximum Gasteiger partial charge on any atom is 0.449 e. The number of hydrogen-bond donors (Lipinski definition) is 1. The fourth-order valence-corrected chi connectivity index (χ4v) is 4.73. The van der Waals surface area contributed by atoms with Gasteiger partial charge < -0.3 is 9.47 Å². The first kappa shape index (κ1) is 23.4. The van der Waals surface area contributed by atoms with E-state index in [1.807, 2.05) is 0 Å². The van der Waals surface area contributed by atoms with Crippen LogP contribution in [-0.4, -0.2) is 54.9 Å². The molecule has 1 aromatic heterocycles. The molecule has 1 N–H and O–H groups in total. The standard InChI is InChI=1S/C18H16F6N6O2S/c1-4-33(31,32)15-8(5-6-11(27-15)17(19,20)21)12-25-9-7-10-14(28-13(9)29(12)2)30(3)16(26-10)18(22,23)24/h6-7,13H,4-5H2,1-3H3/p+1. The topological polar surface area (TPSA) is 95.4 Å². The quantitative estimate of drug-likeness (QED) is 0.477. The van der Waals surface area contributed by atoms with Crippen LogP contribution >= 0.6 is 0 Å². The number of allylic oxidation sites excluding steroid dienone is 2. The number of rotatable bonds is 1. The third-order valence-electron chi connectivity index (χ3n) is 5.31. The molecule has 2 unspecified atom stereocenters. The van der Waals surface area contributed by atoms with Crippen molar-refractivity contribution in [1.29, 1.82) is 0 Å². The van der Waals surface area contributed by atoms with Crippen LogP contribution in [0.4, 0.5) is 26.3 Å². The maximum absolute atomic E-state index is 13.2. The molecule has 0 radical (unpaired) electrons. The molecule has 178 valence electrons. The van der Waals surface area contributed by atoms with Gasteiger partial charge in [-0.1, -0.05) is 4.21 Å². The van der Waals surface area contributed by atoms with E-state index >= 15 is 0 Å². The first-order valence-electron chi connectivity index (χ1n) is 9.50. The number of fused-ring (bicyclic) bond motifs is 2. The molecule has 0 aromatic carbocycles. The molecule has 0 fully saturated rings. The van der Waals surface area contributed by atoms with Crippen LogP contribution < -0.4 is 10.8 Å². The first-order valence-corrected chi connectivity index (χ1v) is 11.2. The summed E-state index contributed by atoms with van der Waals surface area (Å²) in [7, 11) is -1.25. The van der Waals surface area contributed by atoms with E-state index in [9.17, 15) is 35.1 Å². The van der Waals surface area contributed by atoms with Crippen molar-refractivity contribution in [3.63, 3.8) is 0 Å². The van der Waals surface area contributed by atoms with Crippen LogP contribution in [0.1, 0.15) is 19.2 Å². The summed E-state index contributed by atoms with van der Waals surface area (Å²) >= 11 is 0. The van der Waals surface area contributed by atoms with Gasteiger partial charge in [0.25, 0.3) is 15.3 Å². The van der Waals surface area contributed by atoms with Crippen LogP contribution in [0, 0.1) is 0 Å². The zero-order chi connectivity index (χ0) is 24.5. The zero-order valence-corrected chi connectivity index (χ0v) is 18.2. The van der Waals surface area contributed by atoms with Crippen LogP contribution in [0.2, 0.25) is 0 Å². The molecule has 33 heavy (non-hydrogen) atoms. The molecule has 0 bridgehead atoms. The lowest BCUT2D eigenvalue weighted by atomic mass is 10.1. The number of hydrogen-bond acceptors (Lipinski definition) is 6. The van der Waals surface area contributed by atoms with Crippen molar-refractivity contribution in [1.82, 2.24) is 14.5 Å². The van der Waals surface area contributed by atoms with E-state index in [1.165, 1.54) is 32.0 Å². The van der Waals surface area contributed by atoms with E-state index in [4.69, 9.17) is 0 Å². The van der Waals surface area contributed by atoms with E-state index in [-0.39, 0.29) is 40.1 Å². The van der Waals surface area contributed by atoms with Crippen molar-refractivity contribution in [2.75, 3.05) is 12.8 Å². The third kappa shape index (κ3) is 3.82. The molecule has 0 aliphatic carbocycles. The highest BCUT2D eigenvalue weighted by Gasteiger charge is 2.46. The van der Waals surface area contributed by atoms with Gasteiger partial charge in [0.05, 0.1) is 11.3 Å². The van der Waals surface area contributed by atoms with Gasteiger partial charge in [0.15, 0.2) is 11.7 Å². The van der Waals surface area contributed by atoms with Crippen molar-refractivity contribution in [3.05, 3.63) is 39.8 Å². The monoisotopic (exact) mass is 495 g/mol. The van der Waals surface area contributed by atoms with E-state index in [1.54, 1.807) is 0 Å². The number of halogens is 6. The van der Waals surface area contributed by atoms with E-state index < -0.39 is 45.3 Å². The Balaban J connectivity index is 1.86. The largest absolute Gasteiger partial charge is 0.449 e. The molecule has 1 aromatic rings. The van der Waals surface area contributed by atoms with Crippen molar-refractivity contribution < 1.29 is 35.1 Å². The van der Waals surface area contributed by atoms with Gasteiger partial charge in [-0.15, -0.1) is 0 Å². The molecule has 0 saturated heterocycles. The normalized spacial score (nSPS) is 24.7. The van der Waals surface area contributed by atoms with Gasteiger partial charge in [-0.3, -0.25) is 0 Å². The Morgan fingerprint density at radius 3 is 2.39 bits per heavy atom. The number of imidazole rings is 1. The predicted molar refractivity (Wildman–Crippen MR) is 107 cm³/mol. The van der Waals surface area contributed by atoms with E-state index in [2.05, 4.69) is 20.0 Å². The Labute approximate surface area is 183 Å². The predicted octanol–water partition coefficient (Wildman–Crippen LogP) is 2.02. The van der Waals surface area contributed by atoms with Gasteiger partial charge in [-0.05, 0) is 19.1 Å². The second-order valence-corrected chi connectivity index (χ2v) is 9.68. The van der Waals surface area contributed by atoms with Crippen LogP contribution in [0.15, 0.2) is 38.1 Å². The summed E-state index contributed by atoms with van der Waals surface area (Å²) in [5, 5.41) is -0.685. The van der Waals surface area contributed by atoms with E-state index in [0.29, 0.717) is 0 Å². The Hall–Kier alpha value is -2.81. The second kappa shape index (κ2) is 7.35. The number of alkyl halides is 6. The minimum atomic E-state index is -4.81. The summed E-state index contributed by atoms with van der Waals surface area (Å²) in [5.74, 6) is -1.45. The lowest BCUT2D eigenvalue weighted by Crippen LogP contribution is -2.42. The zero-order valence-electron chi connectivity index (χ0n) is 17.4. The highest BCUT2D eigenvalue weighted by Crippen LogP contribution is 2.36. The van der Waals surface area contributed by atoms with Gasteiger partial charge in [0, 0.05) is 20.5 Å². The Morgan fingerprint density at radius 1 is 1.15 bits per heavy atom. The van der Waals surface area contributed by atoms with Crippen molar-refractivity contribution in [3.8, 4) is 0 Å². The summed E-state index contributed by atoms with van der Waals surface area (Å²) in [5.41, 5.74) is -1.11. The minimum Gasteiger partial charge on any atom is -0.332 e. The molecule has 3 aliphatic heterocycles. The molecular formula is C18H17F6N6O2S+. The van der Waals surface area contributed by atoms with E-state index in [0.717, 1.165) is 10.6 Å².